The van der Waals surface area contributed by atoms with Gasteiger partial charge >= 0.3 is 0 Å². The van der Waals surface area contributed by atoms with E-state index in [0.29, 0.717) is 27.3 Å². The number of nitrogens with zero attached hydrogens (tertiary/aromatic N) is 1. The summed E-state index contributed by atoms with van der Waals surface area (Å²) in [4.78, 5) is 0. The van der Waals surface area contributed by atoms with Crippen molar-refractivity contribution < 1.29 is 9.84 Å². The van der Waals surface area contributed by atoms with Gasteiger partial charge in [-0.05, 0) is 28.1 Å². The van der Waals surface area contributed by atoms with Crippen molar-refractivity contribution in [2.24, 2.45) is 0 Å². The van der Waals surface area contributed by atoms with E-state index in [-0.39, 0.29) is 5.75 Å². The summed E-state index contributed by atoms with van der Waals surface area (Å²) in [7, 11) is 1.49. The molecule has 1 heterocycles. The fourth-order valence-electron chi connectivity index (χ4n) is 1.44. The number of anilines is 1. The molecule has 0 radical (unpaired) electrons. The molecule has 0 unspecified atom stereocenters. The normalized spacial score (nSPS) is 10.4. The number of halogens is 1. The van der Waals surface area contributed by atoms with E-state index in [1.54, 1.807) is 18.2 Å². The smallest absolute Gasteiger partial charge is 0.172 e. The number of ether oxygens (including phenoxy) is 1. The molecule has 0 aliphatic heterocycles. The summed E-state index contributed by atoms with van der Waals surface area (Å²) in [5.74, 6) is 0.811. The SMILES string of the molecule is COc1c(-c2cc(N)n[nH]2)ccc(Br)c1O. The second-order valence-electron chi connectivity index (χ2n) is 3.18. The molecule has 0 fully saturated rings. The Morgan fingerprint density at radius 3 is 2.81 bits per heavy atom. The molecule has 0 amide bonds. The van der Waals surface area contributed by atoms with Gasteiger partial charge in [0, 0.05) is 11.6 Å². The first-order valence-corrected chi connectivity index (χ1v) is 5.29. The third kappa shape index (κ3) is 1.71. The van der Waals surface area contributed by atoms with Gasteiger partial charge in [-0.3, -0.25) is 5.10 Å². The van der Waals surface area contributed by atoms with Crippen LogP contribution < -0.4 is 10.5 Å². The summed E-state index contributed by atoms with van der Waals surface area (Å²) in [6.45, 7) is 0. The van der Waals surface area contributed by atoms with Crippen LogP contribution in [0, 0.1) is 0 Å². The van der Waals surface area contributed by atoms with Gasteiger partial charge in [0.05, 0.1) is 17.3 Å². The van der Waals surface area contributed by atoms with Gasteiger partial charge in [-0.15, -0.1) is 0 Å². The molecule has 16 heavy (non-hydrogen) atoms. The highest BCUT2D eigenvalue weighted by Gasteiger charge is 2.14. The van der Waals surface area contributed by atoms with E-state index in [1.807, 2.05) is 0 Å². The summed E-state index contributed by atoms with van der Waals surface area (Å²) >= 11 is 3.22. The lowest BCUT2D eigenvalue weighted by Gasteiger charge is -2.09. The first kappa shape index (κ1) is 10.8. The molecule has 0 saturated carbocycles. The van der Waals surface area contributed by atoms with Crippen LogP contribution in [0.15, 0.2) is 22.7 Å². The van der Waals surface area contributed by atoms with Gasteiger partial charge in [0.2, 0.25) is 0 Å². The highest BCUT2D eigenvalue weighted by atomic mass is 79.9. The Morgan fingerprint density at radius 2 is 2.25 bits per heavy atom. The second-order valence-corrected chi connectivity index (χ2v) is 4.04. The number of H-pyrrole nitrogens is 1. The predicted molar refractivity (Wildman–Crippen MR) is 64.4 cm³/mol. The molecule has 0 spiro atoms. The number of aromatic nitrogens is 2. The molecule has 84 valence electrons. The Balaban J connectivity index is 2.61. The van der Waals surface area contributed by atoms with Crippen molar-refractivity contribution in [2.45, 2.75) is 0 Å². The fourth-order valence-corrected chi connectivity index (χ4v) is 1.75. The molecule has 0 atom stereocenters. The van der Waals surface area contributed by atoms with Gasteiger partial charge in [0.1, 0.15) is 5.82 Å². The number of rotatable bonds is 2. The number of phenolic OH excluding ortho intramolecular Hbond substituents is 1. The molecule has 0 aliphatic carbocycles. The standard InChI is InChI=1S/C10H10BrN3O2/c1-16-10-5(2-3-6(11)9(10)15)7-4-8(12)14-13-7/h2-4,15H,1H3,(H3,12,13,14). The highest BCUT2D eigenvalue weighted by Crippen LogP contribution is 2.41. The van der Waals surface area contributed by atoms with Crippen molar-refractivity contribution in [3.63, 3.8) is 0 Å². The van der Waals surface area contributed by atoms with Crippen LogP contribution in [0.3, 0.4) is 0 Å². The van der Waals surface area contributed by atoms with Crippen LogP contribution >= 0.6 is 15.9 Å². The Hall–Kier alpha value is -1.69. The summed E-state index contributed by atoms with van der Waals surface area (Å²) in [5, 5.41) is 16.4. The maximum absolute atomic E-state index is 9.81. The molecule has 0 saturated heterocycles. The molecule has 1 aromatic carbocycles. The zero-order valence-corrected chi connectivity index (χ0v) is 10.1. The Labute approximate surface area is 100 Å². The van der Waals surface area contributed by atoms with E-state index in [1.165, 1.54) is 7.11 Å². The van der Waals surface area contributed by atoms with Gasteiger partial charge in [-0.25, -0.2) is 0 Å². The molecular weight excluding hydrogens is 274 g/mol. The van der Waals surface area contributed by atoms with E-state index in [0.717, 1.165) is 0 Å². The number of aromatic hydroxyl groups is 1. The fraction of sp³-hybridized carbons (Fsp3) is 0.100. The van der Waals surface area contributed by atoms with Crippen LogP contribution in [0.2, 0.25) is 0 Å². The quantitative estimate of drug-likeness (QED) is 0.788. The van der Waals surface area contributed by atoms with E-state index < -0.39 is 0 Å². The van der Waals surface area contributed by atoms with Crippen molar-refractivity contribution in [1.29, 1.82) is 0 Å². The lowest BCUT2D eigenvalue weighted by molar-refractivity contribution is 0.373. The average Bonchev–Trinajstić information content (AvgIpc) is 2.68. The first-order valence-electron chi connectivity index (χ1n) is 4.50. The number of nitrogens with one attached hydrogen (secondary N) is 1. The number of hydrogen-bond donors (Lipinski definition) is 3. The van der Waals surface area contributed by atoms with Crippen molar-refractivity contribution in [3.8, 4) is 22.8 Å². The maximum atomic E-state index is 9.81. The van der Waals surface area contributed by atoms with Crippen molar-refractivity contribution in [3.05, 3.63) is 22.7 Å². The van der Waals surface area contributed by atoms with Crippen LogP contribution in [0.25, 0.3) is 11.3 Å². The Bertz CT molecular complexity index is 525. The van der Waals surface area contributed by atoms with E-state index in [4.69, 9.17) is 10.5 Å². The molecular formula is C10H10BrN3O2. The summed E-state index contributed by atoms with van der Waals surface area (Å²) < 4.78 is 5.72. The van der Waals surface area contributed by atoms with Crippen LogP contribution in [-0.4, -0.2) is 22.4 Å². The summed E-state index contributed by atoms with van der Waals surface area (Å²) in [6.07, 6.45) is 0. The monoisotopic (exact) mass is 283 g/mol. The predicted octanol–water partition coefficient (Wildman–Crippen LogP) is 2.14. The van der Waals surface area contributed by atoms with Gasteiger partial charge in [-0.2, -0.15) is 5.10 Å². The lowest BCUT2D eigenvalue weighted by atomic mass is 10.1. The van der Waals surface area contributed by atoms with Gasteiger partial charge in [0.25, 0.3) is 0 Å². The van der Waals surface area contributed by atoms with E-state index >= 15 is 0 Å². The molecule has 0 bridgehead atoms. The molecule has 4 N–H and O–H groups in total. The van der Waals surface area contributed by atoms with Crippen LogP contribution in [0.4, 0.5) is 5.82 Å². The number of phenols is 1. The van der Waals surface area contributed by atoms with Crippen LogP contribution in [0.1, 0.15) is 0 Å². The number of methoxy groups -OCH3 is 1. The van der Waals surface area contributed by atoms with Gasteiger partial charge in [0.15, 0.2) is 11.5 Å². The van der Waals surface area contributed by atoms with Crippen LogP contribution in [-0.2, 0) is 0 Å². The minimum absolute atomic E-state index is 0.0492. The lowest BCUT2D eigenvalue weighted by Crippen LogP contribution is -1.89. The molecule has 2 aromatic rings. The van der Waals surface area contributed by atoms with Crippen molar-refractivity contribution >= 4 is 21.7 Å². The summed E-state index contributed by atoms with van der Waals surface area (Å²) in [5.41, 5.74) is 6.91. The summed E-state index contributed by atoms with van der Waals surface area (Å²) in [6, 6.07) is 5.20. The molecule has 1 aromatic heterocycles. The zero-order chi connectivity index (χ0) is 11.7. The highest BCUT2D eigenvalue weighted by molar-refractivity contribution is 9.10. The van der Waals surface area contributed by atoms with E-state index in [2.05, 4.69) is 26.1 Å². The maximum Gasteiger partial charge on any atom is 0.172 e. The molecule has 5 nitrogen and oxygen atoms in total. The number of aromatic amines is 1. The van der Waals surface area contributed by atoms with Gasteiger partial charge < -0.3 is 15.6 Å². The topological polar surface area (TPSA) is 84.2 Å². The second kappa shape index (κ2) is 4.05. The van der Waals surface area contributed by atoms with Crippen LogP contribution in [0.5, 0.6) is 11.5 Å². The molecule has 0 aliphatic rings. The number of benzene rings is 1. The van der Waals surface area contributed by atoms with E-state index in [9.17, 15) is 5.11 Å². The number of nitrogens with two attached hydrogens (primary N) is 1. The number of nitrogen functional groups attached to an aromatic ring is 1. The number of hydrogen-bond acceptors (Lipinski definition) is 4. The third-order valence-electron chi connectivity index (χ3n) is 2.17. The average molecular weight is 284 g/mol. The van der Waals surface area contributed by atoms with Crippen molar-refractivity contribution in [1.82, 2.24) is 10.2 Å². The minimum atomic E-state index is 0.0492. The zero-order valence-electron chi connectivity index (χ0n) is 8.49. The Kier molecular flexibility index (Phi) is 2.74. The molecule has 6 heteroatoms. The van der Waals surface area contributed by atoms with Crippen molar-refractivity contribution in [2.75, 3.05) is 12.8 Å². The first-order chi connectivity index (χ1) is 7.63. The third-order valence-corrected chi connectivity index (χ3v) is 2.81. The Morgan fingerprint density at radius 1 is 1.50 bits per heavy atom. The largest absolute Gasteiger partial charge is 0.503 e. The van der Waals surface area contributed by atoms with Gasteiger partial charge in [-0.1, -0.05) is 0 Å². The minimum Gasteiger partial charge on any atom is -0.503 e. The molecule has 2 rings (SSSR count).